The lowest BCUT2D eigenvalue weighted by Crippen LogP contribution is -2.46. The van der Waals surface area contributed by atoms with E-state index in [-0.39, 0.29) is 11.9 Å². The van der Waals surface area contributed by atoms with Crippen molar-refractivity contribution < 1.29 is 4.79 Å². The highest BCUT2D eigenvalue weighted by molar-refractivity contribution is 7.80. The molecule has 0 spiro atoms. The lowest BCUT2D eigenvalue weighted by atomic mass is 10.2. The van der Waals surface area contributed by atoms with E-state index in [0.717, 1.165) is 38.4 Å². The summed E-state index contributed by atoms with van der Waals surface area (Å²) in [6.45, 7) is 9.46. The zero-order chi connectivity index (χ0) is 15.7. The minimum absolute atomic E-state index is 0.00862. The van der Waals surface area contributed by atoms with E-state index in [0.29, 0.717) is 5.11 Å². The molecule has 2 fully saturated rings. The molecule has 1 atom stereocenters. The summed E-state index contributed by atoms with van der Waals surface area (Å²) in [5, 5.41) is 3.48. The Bertz CT molecular complexity index is 566. The van der Waals surface area contributed by atoms with Crippen molar-refractivity contribution in [3.63, 3.8) is 0 Å². The van der Waals surface area contributed by atoms with Crippen molar-refractivity contribution in [1.29, 1.82) is 0 Å². The molecule has 2 aliphatic heterocycles. The van der Waals surface area contributed by atoms with Gasteiger partial charge in [-0.05, 0) is 50.0 Å². The van der Waals surface area contributed by atoms with Crippen molar-refractivity contribution in [3.05, 3.63) is 24.3 Å². The van der Waals surface area contributed by atoms with E-state index >= 15 is 0 Å². The van der Waals surface area contributed by atoms with Gasteiger partial charge < -0.3 is 15.1 Å². The molecule has 3 rings (SSSR count). The average molecular weight is 318 g/mol. The highest BCUT2D eigenvalue weighted by Crippen LogP contribution is 2.24. The van der Waals surface area contributed by atoms with Gasteiger partial charge in [0.15, 0.2) is 5.11 Å². The number of carbonyl (C=O) groups excluding carboxylic acids is 1. The SMILES string of the molecule is CCN1CCN(c2ccc(N3C(=O)[C@H](C)NC3=S)cc2)CC1. The third kappa shape index (κ3) is 2.80. The lowest BCUT2D eigenvalue weighted by Gasteiger charge is -2.35. The number of amides is 1. The van der Waals surface area contributed by atoms with Crippen molar-refractivity contribution in [2.45, 2.75) is 19.9 Å². The van der Waals surface area contributed by atoms with Crippen LogP contribution in [-0.2, 0) is 4.79 Å². The Morgan fingerprint density at radius 2 is 1.73 bits per heavy atom. The summed E-state index contributed by atoms with van der Waals surface area (Å²) in [7, 11) is 0. The van der Waals surface area contributed by atoms with E-state index in [1.54, 1.807) is 4.90 Å². The molecule has 118 valence electrons. The normalized spacial score (nSPS) is 23.1. The van der Waals surface area contributed by atoms with Crippen LogP contribution in [0.15, 0.2) is 24.3 Å². The number of anilines is 2. The van der Waals surface area contributed by atoms with E-state index in [1.807, 2.05) is 19.1 Å². The van der Waals surface area contributed by atoms with Gasteiger partial charge in [0.2, 0.25) is 0 Å². The first-order valence-corrected chi connectivity index (χ1v) is 8.23. The number of benzene rings is 1. The Labute approximate surface area is 136 Å². The minimum atomic E-state index is -0.241. The van der Waals surface area contributed by atoms with Crippen molar-refractivity contribution in [2.75, 3.05) is 42.5 Å². The molecule has 1 aromatic rings. The summed E-state index contributed by atoms with van der Waals surface area (Å²) in [4.78, 5) is 18.6. The van der Waals surface area contributed by atoms with Crippen LogP contribution in [0.1, 0.15) is 13.8 Å². The first kappa shape index (κ1) is 15.2. The largest absolute Gasteiger partial charge is 0.369 e. The van der Waals surface area contributed by atoms with E-state index in [1.165, 1.54) is 5.69 Å². The zero-order valence-corrected chi connectivity index (χ0v) is 13.9. The number of hydrogen-bond donors (Lipinski definition) is 1. The number of thiocarbonyl (C=S) groups is 1. The lowest BCUT2D eigenvalue weighted by molar-refractivity contribution is -0.117. The highest BCUT2D eigenvalue weighted by atomic mass is 32.1. The van der Waals surface area contributed by atoms with E-state index in [2.05, 4.69) is 34.2 Å². The summed E-state index contributed by atoms with van der Waals surface area (Å²) in [5.74, 6) is 0.00862. The smallest absolute Gasteiger partial charge is 0.255 e. The topological polar surface area (TPSA) is 38.8 Å². The molecule has 1 N–H and O–H groups in total. The monoisotopic (exact) mass is 318 g/mol. The van der Waals surface area contributed by atoms with Crippen LogP contribution in [0.4, 0.5) is 11.4 Å². The summed E-state index contributed by atoms with van der Waals surface area (Å²) in [6, 6.07) is 7.87. The molecule has 0 aromatic heterocycles. The number of nitrogens with zero attached hydrogens (tertiary/aromatic N) is 3. The molecule has 22 heavy (non-hydrogen) atoms. The maximum Gasteiger partial charge on any atom is 0.255 e. The Balaban J connectivity index is 1.71. The fourth-order valence-electron chi connectivity index (χ4n) is 2.98. The van der Waals surface area contributed by atoms with Gasteiger partial charge in [-0.3, -0.25) is 9.69 Å². The fourth-order valence-corrected chi connectivity index (χ4v) is 3.36. The van der Waals surface area contributed by atoms with Gasteiger partial charge in [-0.2, -0.15) is 0 Å². The second kappa shape index (κ2) is 6.22. The van der Waals surface area contributed by atoms with Crippen molar-refractivity contribution in [1.82, 2.24) is 10.2 Å². The Morgan fingerprint density at radius 3 is 2.23 bits per heavy atom. The Morgan fingerprint density at radius 1 is 1.14 bits per heavy atom. The molecule has 1 aromatic carbocycles. The Hall–Kier alpha value is -1.66. The molecule has 0 bridgehead atoms. The van der Waals surface area contributed by atoms with Crippen LogP contribution in [-0.4, -0.2) is 54.7 Å². The van der Waals surface area contributed by atoms with Crippen molar-refractivity contribution in [2.24, 2.45) is 0 Å². The maximum atomic E-state index is 12.1. The number of nitrogens with one attached hydrogen (secondary N) is 1. The van der Waals surface area contributed by atoms with Crippen LogP contribution in [0.5, 0.6) is 0 Å². The number of carbonyl (C=O) groups is 1. The quantitative estimate of drug-likeness (QED) is 0.854. The maximum absolute atomic E-state index is 12.1. The number of hydrogen-bond acceptors (Lipinski definition) is 4. The second-order valence-electron chi connectivity index (χ2n) is 5.78. The molecule has 0 saturated carbocycles. The third-order valence-corrected chi connectivity index (χ3v) is 4.73. The van der Waals surface area contributed by atoms with Gasteiger partial charge in [0, 0.05) is 31.9 Å². The van der Waals surface area contributed by atoms with Crippen LogP contribution >= 0.6 is 12.2 Å². The summed E-state index contributed by atoms with van der Waals surface area (Å²) < 4.78 is 0. The van der Waals surface area contributed by atoms with Gasteiger partial charge >= 0.3 is 0 Å². The van der Waals surface area contributed by atoms with Crippen molar-refractivity contribution in [3.8, 4) is 0 Å². The number of rotatable bonds is 3. The first-order chi connectivity index (χ1) is 10.6. The molecule has 0 aliphatic carbocycles. The van der Waals surface area contributed by atoms with Gasteiger partial charge in [-0.15, -0.1) is 0 Å². The number of piperazine rings is 1. The summed E-state index contributed by atoms with van der Waals surface area (Å²) in [5.41, 5.74) is 2.04. The highest BCUT2D eigenvalue weighted by Gasteiger charge is 2.33. The first-order valence-electron chi connectivity index (χ1n) is 7.82. The van der Waals surface area contributed by atoms with Crippen LogP contribution in [0.25, 0.3) is 0 Å². The molecule has 5 nitrogen and oxygen atoms in total. The minimum Gasteiger partial charge on any atom is -0.369 e. The predicted octanol–water partition coefficient (Wildman–Crippen LogP) is 1.44. The van der Waals surface area contributed by atoms with Gasteiger partial charge in [0.1, 0.15) is 6.04 Å². The fraction of sp³-hybridized carbons (Fsp3) is 0.500. The molecule has 1 amide bonds. The van der Waals surface area contributed by atoms with E-state index in [4.69, 9.17) is 12.2 Å². The molecule has 0 radical (unpaired) electrons. The van der Waals surface area contributed by atoms with Crippen LogP contribution in [0, 0.1) is 0 Å². The van der Waals surface area contributed by atoms with Gasteiger partial charge in [0.25, 0.3) is 5.91 Å². The zero-order valence-electron chi connectivity index (χ0n) is 13.1. The molecule has 6 heteroatoms. The second-order valence-corrected chi connectivity index (χ2v) is 6.17. The van der Waals surface area contributed by atoms with E-state index in [9.17, 15) is 4.79 Å². The molecule has 2 heterocycles. The molecule has 2 saturated heterocycles. The van der Waals surface area contributed by atoms with Crippen LogP contribution in [0.3, 0.4) is 0 Å². The molecular formula is C16H22N4OS. The standard InChI is InChI=1S/C16H22N4OS/c1-3-18-8-10-19(11-9-18)13-4-6-14(7-5-13)20-15(21)12(2)17-16(20)22/h4-7,12H,3,8-11H2,1-2H3,(H,17,22)/t12-/m0/s1. The third-order valence-electron chi connectivity index (χ3n) is 4.43. The van der Waals surface area contributed by atoms with E-state index < -0.39 is 0 Å². The van der Waals surface area contributed by atoms with Crippen LogP contribution < -0.4 is 15.1 Å². The predicted molar refractivity (Wildman–Crippen MR) is 93.5 cm³/mol. The van der Waals surface area contributed by atoms with Gasteiger partial charge in [0.05, 0.1) is 5.69 Å². The summed E-state index contributed by atoms with van der Waals surface area (Å²) >= 11 is 5.24. The molecule has 0 unspecified atom stereocenters. The Kier molecular flexibility index (Phi) is 4.31. The molecular weight excluding hydrogens is 296 g/mol. The van der Waals surface area contributed by atoms with Gasteiger partial charge in [-0.25, -0.2) is 0 Å². The van der Waals surface area contributed by atoms with Crippen molar-refractivity contribution >= 4 is 34.6 Å². The number of likely N-dealkylation sites (N-methyl/N-ethyl adjacent to an activating group) is 1. The molecule has 2 aliphatic rings. The average Bonchev–Trinajstić information content (AvgIpc) is 2.80. The van der Waals surface area contributed by atoms with Crippen LogP contribution in [0.2, 0.25) is 0 Å². The van der Waals surface area contributed by atoms with Gasteiger partial charge in [-0.1, -0.05) is 6.92 Å². The summed E-state index contributed by atoms with van der Waals surface area (Å²) in [6.07, 6.45) is 0.